The summed E-state index contributed by atoms with van der Waals surface area (Å²) in [5.41, 5.74) is 1.15. The zero-order chi connectivity index (χ0) is 12.7. The first-order chi connectivity index (χ1) is 8.08. The van der Waals surface area contributed by atoms with Gasteiger partial charge in [0.25, 0.3) is 0 Å². The smallest absolute Gasteiger partial charge is 0.187 e. The number of thioether (sulfide) groups is 1. The third kappa shape index (κ3) is 6.64. The summed E-state index contributed by atoms with van der Waals surface area (Å²) in [6.07, 6.45) is 5.05. The zero-order valence-electron chi connectivity index (χ0n) is 11.2. The van der Waals surface area contributed by atoms with Crippen molar-refractivity contribution in [2.75, 3.05) is 5.75 Å². The van der Waals surface area contributed by atoms with Crippen molar-refractivity contribution in [2.45, 2.75) is 51.9 Å². The molecule has 17 heavy (non-hydrogen) atoms. The maximum atomic E-state index is 4.37. The van der Waals surface area contributed by atoms with Crippen LogP contribution in [-0.2, 0) is 6.54 Å². The van der Waals surface area contributed by atoms with E-state index in [1.54, 1.807) is 11.8 Å². The van der Waals surface area contributed by atoms with Crippen LogP contribution in [0.25, 0.3) is 0 Å². The van der Waals surface area contributed by atoms with Crippen molar-refractivity contribution in [1.82, 2.24) is 15.3 Å². The molecule has 0 spiro atoms. The Morgan fingerprint density at radius 3 is 2.35 bits per heavy atom. The van der Waals surface area contributed by atoms with Crippen molar-refractivity contribution in [3.63, 3.8) is 0 Å². The van der Waals surface area contributed by atoms with E-state index in [0.29, 0.717) is 6.04 Å². The third-order valence-electron chi connectivity index (χ3n) is 2.32. The van der Waals surface area contributed by atoms with Crippen molar-refractivity contribution in [3.8, 4) is 0 Å². The van der Waals surface area contributed by atoms with Gasteiger partial charge in [0.2, 0.25) is 0 Å². The van der Waals surface area contributed by atoms with Gasteiger partial charge in [0.1, 0.15) is 0 Å². The van der Waals surface area contributed by atoms with Gasteiger partial charge in [-0.2, -0.15) is 0 Å². The molecular formula is C13H23N3S. The van der Waals surface area contributed by atoms with Crippen LogP contribution in [0.3, 0.4) is 0 Å². The SMILES string of the molecule is CC(C)CCSc1ncc(CNC(C)C)cn1. The van der Waals surface area contributed by atoms with E-state index in [2.05, 4.69) is 43.0 Å². The van der Waals surface area contributed by atoms with Crippen molar-refractivity contribution in [1.29, 1.82) is 0 Å². The lowest BCUT2D eigenvalue weighted by Gasteiger charge is -2.07. The lowest BCUT2D eigenvalue weighted by atomic mass is 10.2. The van der Waals surface area contributed by atoms with Crippen LogP contribution in [0.15, 0.2) is 17.6 Å². The average Bonchev–Trinajstić information content (AvgIpc) is 2.27. The summed E-state index contributed by atoms with van der Waals surface area (Å²) < 4.78 is 0. The first kappa shape index (κ1) is 14.5. The summed E-state index contributed by atoms with van der Waals surface area (Å²) in [4.78, 5) is 8.73. The number of hydrogen-bond donors (Lipinski definition) is 1. The van der Waals surface area contributed by atoms with E-state index >= 15 is 0 Å². The first-order valence-corrected chi connectivity index (χ1v) is 7.23. The summed E-state index contributed by atoms with van der Waals surface area (Å²) in [5.74, 6) is 1.85. The molecule has 4 heteroatoms. The van der Waals surface area contributed by atoms with Crippen LogP contribution in [0.2, 0.25) is 0 Å². The van der Waals surface area contributed by atoms with Gasteiger partial charge in [-0.1, -0.05) is 39.5 Å². The Morgan fingerprint density at radius 1 is 1.18 bits per heavy atom. The van der Waals surface area contributed by atoms with Gasteiger partial charge in [-0.3, -0.25) is 0 Å². The maximum absolute atomic E-state index is 4.37. The fourth-order valence-corrected chi connectivity index (χ4v) is 2.24. The molecule has 1 aromatic rings. The van der Waals surface area contributed by atoms with Crippen LogP contribution >= 0.6 is 11.8 Å². The number of aromatic nitrogens is 2. The number of hydrogen-bond acceptors (Lipinski definition) is 4. The summed E-state index contributed by atoms with van der Waals surface area (Å²) in [5, 5.41) is 4.24. The first-order valence-electron chi connectivity index (χ1n) is 6.25. The van der Waals surface area contributed by atoms with E-state index in [1.165, 1.54) is 6.42 Å². The summed E-state index contributed by atoms with van der Waals surface area (Å²) in [6.45, 7) is 9.59. The second-order valence-corrected chi connectivity index (χ2v) is 6.00. The van der Waals surface area contributed by atoms with Gasteiger partial charge in [-0.25, -0.2) is 9.97 Å². The number of rotatable bonds is 7. The second kappa shape index (κ2) is 7.67. The largest absolute Gasteiger partial charge is 0.310 e. The molecule has 3 nitrogen and oxygen atoms in total. The van der Waals surface area contributed by atoms with Crippen LogP contribution in [0.4, 0.5) is 0 Å². The van der Waals surface area contributed by atoms with Gasteiger partial charge < -0.3 is 5.32 Å². The zero-order valence-corrected chi connectivity index (χ0v) is 12.0. The van der Waals surface area contributed by atoms with Crippen LogP contribution < -0.4 is 5.32 Å². The molecule has 1 rings (SSSR count). The van der Waals surface area contributed by atoms with Crippen LogP contribution in [0, 0.1) is 5.92 Å². The molecule has 1 aromatic heterocycles. The molecular weight excluding hydrogens is 230 g/mol. The summed E-state index contributed by atoms with van der Waals surface area (Å²) in [6, 6.07) is 0.495. The van der Waals surface area contributed by atoms with Gasteiger partial charge in [0.15, 0.2) is 5.16 Å². The molecule has 0 radical (unpaired) electrons. The minimum atomic E-state index is 0.495. The Balaban J connectivity index is 2.34. The summed E-state index contributed by atoms with van der Waals surface area (Å²) >= 11 is 1.74. The highest BCUT2D eigenvalue weighted by Crippen LogP contribution is 2.15. The molecule has 0 aliphatic heterocycles. The molecule has 0 atom stereocenters. The highest BCUT2D eigenvalue weighted by atomic mass is 32.2. The van der Waals surface area contributed by atoms with Crippen molar-refractivity contribution < 1.29 is 0 Å². The number of nitrogens with one attached hydrogen (secondary N) is 1. The fraction of sp³-hybridized carbons (Fsp3) is 0.692. The molecule has 0 saturated carbocycles. The molecule has 0 fully saturated rings. The van der Waals surface area contributed by atoms with E-state index in [-0.39, 0.29) is 0 Å². The Bertz CT molecular complexity index is 309. The summed E-state index contributed by atoms with van der Waals surface area (Å²) in [7, 11) is 0. The van der Waals surface area contributed by atoms with Gasteiger partial charge >= 0.3 is 0 Å². The lowest BCUT2D eigenvalue weighted by molar-refractivity contribution is 0.585. The molecule has 0 aliphatic rings. The molecule has 0 aromatic carbocycles. The average molecular weight is 253 g/mol. The standard InChI is InChI=1S/C13H23N3S/c1-10(2)5-6-17-13-15-8-12(9-16-13)7-14-11(3)4/h8-11,14H,5-7H2,1-4H3. The van der Waals surface area contributed by atoms with E-state index in [0.717, 1.165) is 28.9 Å². The molecule has 0 amide bonds. The fourth-order valence-electron chi connectivity index (χ4n) is 1.22. The highest BCUT2D eigenvalue weighted by molar-refractivity contribution is 7.99. The minimum absolute atomic E-state index is 0.495. The van der Waals surface area contributed by atoms with E-state index < -0.39 is 0 Å². The molecule has 1 N–H and O–H groups in total. The van der Waals surface area contributed by atoms with Crippen LogP contribution in [0.1, 0.15) is 39.7 Å². The Kier molecular flexibility index (Phi) is 6.52. The molecule has 1 heterocycles. The predicted molar refractivity (Wildman–Crippen MR) is 74.2 cm³/mol. The van der Waals surface area contributed by atoms with Gasteiger partial charge in [0.05, 0.1) is 0 Å². The normalized spacial score (nSPS) is 11.4. The van der Waals surface area contributed by atoms with Crippen LogP contribution in [-0.4, -0.2) is 21.8 Å². The van der Waals surface area contributed by atoms with E-state index in [1.807, 2.05) is 12.4 Å². The van der Waals surface area contributed by atoms with Crippen LogP contribution in [0.5, 0.6) is 0 Å². The Labute approximate surface area is 109 Å². The third-order valence-corrected chi connectivity index (χ3v) is 3.23. The molecule has 0 unspecified atom stereocenters. The van der Waals surface area contributed by atoms with Gasteiger partial charge in [0, 0.05) is 36.3 Å². The molecule has 0 aliphatic carbocycles. The van der Waals surface area contributed by atoms with E-state index in [4.69, 9.17) is 0 Å². The Morgan fingerprint density at radius 2 is 1.82 bits per heavy atom. The van der Waals surface area contributed by atoms with Crippen molar-refractivity contribution in [3.05, 3.63) is 18.0 Å². The quantitative estimate of drug-likeness (QED) is 0.598. The minimum Gasteiger partial charge on any atom is -0.310 e. The molecule has 0 saturated heterocycles. The van der Waals surface area contributed by atoms with Crippen molar-refractivity contribution in [2.24, 2.45) is 5.92 Å². The van der Waals surface area contributed by atoms with E-state index in [9.17, 15) is 0 Å². The van der Waals surface area contributed by atoms with Gasteiger partial charge in [-0.05, 0) is 12.3 Å². The number of nitrogens with zero attached hydrogens (tertiary/aromatic N) is 2. The maximum Gasteiger partial charge on any atom is 0.187 e. The second-order valence-electron chi connectivity index (χ2n) is 4.94. The predicted octanol–water partition coefficient (Wildman–Crippen LogP) is 3.11. The van der Waals surface area contributed by atoms with Gasteiger partial charge in [-0.15, -0.1) is 0 Å². The lowest BCUT2D eigenvalue weighted by Crippen LogP contribution is -2.21. The topological polar surface area (TPSA) is 37.8 Å². The Hall–Kier alpha value is -0.610. The highest BCUT2D eigenvalue weighted by Gasteiger charge is 2.01. The molecule has 0 bridgehead atoms. The molecule has 96 valence electrons. The van der Waals surface area contributed by atoms with Crippen molar-refractivity contribution >= 4 is 11.8 Å². The monoisotopic (exact) mass is 253 g/mol.